The van der Waals surface area contributed by atoms with Crippen molar-refractivity contribution in [2.24, 2.45) is 0 Å². The van der Waals surface area contributed by atoms with E-state index in [1.165, 1.54) is 16.9 Å². The summed E-state index contributed by atoms with van der Waals surface area (Å²) >= 11 is 1.45. The molecule has 0 radical (unpaired) electrons. The third-order valence-corrected chi connectivity index (χ3v) is 4.67. The van der Waals surface area contributed by atoms with E-state index in [0.29, 0.717) is 36.1 Å². The van der Waals surface area contributed by atoms with E-state index in [1.54, 1.807) is 12.0 Å². The lowest BCUT2D eigenvalue weighted by Gasteiger charge is -2.17. The number of aromatic nitrogens is 1. The Morgan fingerprint density at radius 2 is 2.09 bits per heavy atom. The van der Waals surface area contributed by atoms with E-state index in [4.69, 9.17) is 10.1 Å². The van der Waals surface area contributed by atoms with Gasteiger partial charge in [0.1, 0.15) is 16.6 Å². The number of aryl methyl sites for hydroxylation is 1. The van der Waals surface area contributed by atoms with E-state index >= 15 is 0 Å². The first-order valence-corrected chi connectivity index (χ1v) is 8.26. The summed E-state index contributed by atoms with van der Waals surface area (Å²) in [5.74, 6) is 0.514. The van der Waals surface area contributed by atoms with Crippen LogP contribution in [0.1, 0.15) is 10.6 Å². The number of ether oxygens (including phenoxy) is 1. The second kappa shape index (κ2) is 6.52. The van der Waals surface area contributed by atoms with Crippen LogP contribution < -0.4 is 0 Å². The van der Waals surface area contributed by atoms with Crippen LogP contribution in [0.5, 0.6) is 0 Å². The predicted octanol–water partition coefficient (Wildman–Crippen LogP) is 3.33. The smallest absolute Gasteiger partial charge is 0.135 e. The molecule has 6 heteroatoms. The van der Waals surface area contributed by atoms with Crippen molar-refractivity contribution in [2.75, 3.05) is 26.8 Å². The summed E-state index contributed by atoms with van der Waals surface area (Å²) in [7, 11) is 1.63. The molecule has 0 aliphatic carbocycles. The molecule has 120 valence electrons. The normalized spacial score (nSPS) is 14.9. The van der Waals surface area contributed by atoms with E-state index in [2.05, 4.69) is 17.1 Å². The van der Waals surface area contributed by atoms with Crippen molar-refractivity contribution < 1.29 is 9.84 Å². The molecule has 0 amide bonds. The van der Waals surface area contributed by atoms with Crippen molar-refractivity contribution in [3.05, 3.63) is 46.0 Å². The Bertz CT molecular complexity index is 749. The number of aliphatic hydroxyl groups is 1. The Balaban J connectivity index is 1.84. The van der Waals surface area contributed by atoms with Crippen LogP contribution >= 0.6 is 11.3 Å². The maximum Gasteiger partial charge on any atom is 0.135 e. The number of thiazole rings is 1. The molecule has 1 aliphatic heterocycles. The average molecular weight is 329 g/mol. The summed E-state index contributed by atoms with van der Waals surface area (Å²) in [5.41, 5.74) is 3.65. The van der Waals surface area contributed by atoms with Gasteiger partial charge in [-0.1, -0.05) is 29.8 Å². The SMILES string of the molecule is COCCN1CC(O)=C(c2nc(-c3ccc(C)cc3)cs2)C1=N. The summed E-state index contributed by atoms with van der Waals surface area (Å²) in [6, 6.07) is 8.17. The molecule has 1 aromatic carbocycles. The van der Waals surface area contributed by atoms with Crippen LogP contribution in [0.3, 0.4) is 0 Å². The lowest BCUT2D eigenvalue weighted by molar-refractivity contribution is 0.177. The number of nitrogens with zero attached hydrogens (tertiary/aromatic N) is 2. The number of hydrogen-bond acceptors (Lipinski definition) is 5. The number of rotatable bonds is 5. The topological polar surface area (TPSA) is 69.4 Å². The molecule has 0 atom stereocenters. The molecule has 0 unspecified atom stereocenters. The van der Waals surface area contributed by atoms with E-state index in [9.17, 15) is 5.11 Å². The van der Waals surface area contributed by atoms with Crippen molar-refractivity contribution in [3.8, 4) is 11.3 Å². The van der Waals surface area contributed by atoms with Gasteiger partial charge in [0.15, 0.2) is 0 Å². The van der Waals surface area contributed by atoms with E-state index in [-0.39, 0.29) is 5.76 Å². The van der Waals surface area contributed by atoms with Gasteiger partial charge in [-0.05, 0) is 6.92 Å². The van der Waals surface area contributed by atoms with Gasteiger partial charge in [0.2, 0.25) is 0 Å². The van der Waals surface area contributed by atoms with Gasteiger partial charge >= 0.3 is 0 Å². The first-order chi connectivity index (χ1) is 11.1. The Labute approximate surface area is 139 Å². The highest BCUT2D eigenvalue weighted by Crippen LogP contribution is 2.32. The van der Waals surface area contributed by atoms with E-state index < -0.39 is 0 Å². The Morgan fingerprint density at radius 3 is 2.78 bits per heavy atom. The summed E-state index contributed by atoms with van der Waals surface area (Å²) in [4.78, 5) is 6.40. The molecule has 23 heavy (non-hydrogen) atoms. The number of nitrogens with one attached hydrogen (secondary N) is 1. The van der Waals surface area contributed by atoms with Crippen molar-refractivity contribution in [1.29, 1.82) is 5.41 Å². The van der Waals surface area contributed by atoms with Gasteiger partial charge in [-0.3, -0.25) is 5.41 Å². The minimum absolute atomic E-state index is 0.205. The lowest BCUT2D eigenvalue weighted by atomic mass is 10.1. The molecule has 1 aromatic heterocycles. The Kier molecular flexibility index (Phi) is 4.45. The maximum atomic E-state index is 10.2. The van der Waals surface area contributed by atoms with E-state index in [1.807, 2.05) is 24.4 Å². The molecular weight excluding hydrogens is 310 g/mol. The summed E-state index contributed by atoms with van der Waals surface area (Å²) in [6.45, 7) is 3.50. The van der Waals surface area contributed by atoms with Crippen molar-refractivity contribution >= 4 is 22.7 Å². The molecule has 0 fully saturated rings. The quantitative estimate of drug-likeness (QED) is 0.883. The summed E-state index contributed by atoms with van der Waals surface area (Å²) < 4.78 is 5.05. The molecule has 2 aromatic rings. The molecule has 5 nitrogen and oxygen atoms in total. The van der Waals surface area contributed by atoms with Crippen molar-refractivity contribution in [2.45, 2.75) is 6.92 Å². The molecule has 0 saturated carbocycles. The minimum Gasteiger partial charge on any atom is -0.510 e. The van der Waals surface area contributed by atoms with Crippen LogP contribution in [0.25, 0.3) is 16.8 Å². The third kappa shape index (κ3) is 3.13. The molecule has 0 saturated heterocycles. The number of methoxy groups -OCH3 is 1. The van der Waals surface area contributed by atoms with Crippen molar-refractivity contribution in [3.63, 3.8) is 0 Å². The number of benzene rings is 1. The second-order valence-corrected chi connectivity index (χ2v) is 6.35. The summed E-state index contributed by atoms with van der Waals surface area (Å²) in [6.07, 6.45) is 0. The highest BCUT2D eigenvalue weighted by Gasteiger charge is 2.29. The van der Waals surface area contributed by atoms with Gasteiger partial charge in [-0.25, -0.2) is 4.98 Å². The molecule has 0 spiro atoms. The molecule has 3 rings (SSSR count). The average Bonchev–Trinajstić information content (AvgIpc) is 3.11. The Morgan fingerprint density at radius 1 is 1.35 bits per heavy atom. The molecule has 0 bridgehead atoms. The zero-order valence-corrected chi connectivity index (χ0v) is 14.0. The minimum atomic E-state index is 0.205. The van der Waals surface area contributed by atoms with Gasteiger partial charge in [0.05, 0.1) is 24.4 Å². The molecule has 1 aliphatic rings. The predicted molar refractivity (Wildman–Crippen MR) is 93.0 cm³/mol. The van der Waals surface area contributed by atoms with Crippen LogP contribution in [-0.4, -0.2) is 47.6 Å². The molecular formula is C17H19N3O2S. The molecule has 2 heterocycles. The van der Waals surface area contributed by atoms with Gasteiger partial charge < -0.3 is 14.7 Å². The van der Waals surface area contributed by atoms with Gasteiger partial charge in [0.25, 0.3) is 0 Å². The molecule has 2 N–H and O–H groups in total. The largest absolute Gasteiger partial charge is 0.510 e. The van der Waals surface area contributed by atoms with Gasteiger partial charge in [-0.2, -0.15) is 0 Å². The van der Waals surface area contributed by atoms with Gasteiger partial charge in [-0.15, -0.1) is 11.3 Å². The number of aliphatic hydroxyl groups excluding tert-OH is 1. The fraction of sp³-hybridized carbons (Fsp3) is 0.294. The first-order valence-electron chi connectivity index (χ1n) is 7.38. The summed E-state index contributed by atoms with van der Waals surface area (Å²) in [5, 5.41) is 21.1. The van der Waals surface area contributed by atoms with E-state index in [0.717, 1.165) is 11.3 Å². The second-order valence-electron chi connectivity index (χ2n) is 5.49. The van der Waals surface area contributed by atoms with Crippen molar-refractivity contribution in [1.82, 2.24) is 9.88 Å². The van der Waals surface area contributed by atoms with Crippen LogP contribution in [0.2, 0.25) is 0 Å². The highest BCUT2D eigenvalue weighted by atomic mass is 32.1. The first kappa shape index (κ1) is 15.7. The number of hydrogen-bond donors (Lipinski definition) is 2. The zero-order chi connectivity index (χ0) is 16.4. The highest BCUT2D eigenvalue weighted by molar-refractivity contribution is 7.11. The van der Waals surface area contributed by atoms with Crippen LogP contribution in [0.15, 0.2) is 35.4 Å². The third-order valence-electron chi connectivity index (χ3n) is 3.81. The standard InChI is InChI=1S/C17H19N3O2S/c1-11-3-5-12(6-4-11)13-10-23-17(19-13)15-14(21)9-20(16(15)18)7-8-22-2/h3-6,10,18,21H,7-9H2,1-2H3. The van der Waals surface area contributed by atoms with Crippen LogP contribution in [-0.2, 0) is 4.74 Å². The Hall–Kier alpha value is -2.18. The maximum absolute atomic E-state index is 10.2. The van der Waals surface area contributed by atoms with Gasteiger partial charge in [0, 0.05) is 24.6 Å². The van der Waals surface area contributed by atoms with Crippen LogP contribution in [0, 0.1) is 12.3 Å². The van der Waals surface area contributed by atoms with Crippen LogP contribution in [0.4, 0.5) is 0 Å². The lowest BCUT2D eigenvalue weighted by Crippen LogP contribution is -2.29. The number of amidine groups is 1. The fourth-order valence-corrected chi connectivity index (χ4v) is 3.39. The fourth-order valence-electron chi connectivity index (χ4n) is 2.50. The monoisotopic (exact) mass is 329 g/mol. The zero-order valence-electron chi connectivity index (χ0n) is 13.2.